The lowest BCUT2D eigenvalue weighted by atomic mass is 10.1. The average Bonchev–Trinajstić information content (AvgIpc) is 2.64. The summed E-state index contributed by atoms with van der Waals surface area (Å²) in [6.45, 7) is 2.93. The van der Waals surface area contributed by atoms with E-state index in [4.69, 9.17) is 16.3 Å². The first-order valence-electron chi connectivity index (χ1n) is 8.29. The summed E-state index contributed by atoms with van der Waals surface area (Å²) in [5.41, 5.74) is 0.618. The number of ether oxygens (including phenoxy) is 1. The molecule has 0 spiro atoms. The standard InChI is InChI=1S/C20H15ClF2N2O3/c1-10-14(9-12-8-13(21)6-7-17(12)24-10)20(27)28-11(2)19(26)25-18-15(22)4-3-5-16(18)23/h3-9,11H,1-2H3,(H,25,26). The zero-order chi connectivity index (χ0) is 20.4. The van der Waals surface area contributed by atoms with Crippen LogP contribution in [0.4, 0.5) is 14.5 Å². The highest BCUT2D eigenvalue weighted by Gasteiger charge is 2.23. The number of hydrogen-bond donors (Lipinski definition) is 1. The molecule has 5 nitrogen and oxygen atoms in total. The Morgan fingerprint density at radius 1 is 1.14 bits per heavy atom. The Morgan fingerprint density at radius 2 is 1.82 bits per heavy atom. The van der Waals surface area contributed by atoms with E-state index in [1.807, 2.05) is 0 Å². The van der Waals surface area contributed by atoms with Gasteiger partial charge in [0.2, 0.25) is 0 Å². The third kappa shape index (κ3) is 4.09. The smallest absolute Gasteiger partial charge is 0.340 e. The Kier molecular flexibility index (Phi) is 5.56. The molecule has 1 aromatic heterocycles. The predicted molar refractivity (Wildman–Crippen MR) is 101 cm³/mol. The summed E-state index contributed by atoms with van der Waals surface area (Å²) in [6.07, 6.45) is -1.29. The van der Waals surface area contributed by atoms with Crippen molar-refractivity contribution in [3.8, 4) is 0 Å². The summed E-state index contributed by atoms with van der Waals surface area (Å²) in [5.74, 6) is -3.52. The van der Waals surface area contributed by atoms with Crippen LogP contribution in [-0.2, 0) is 9.53 Å². The molecule has 1 N–H and O–H groups in total. The van der Waals surface area contributed by atoms with Gasteiger partial charge in [-0.3, -0.25) is 9.78 Å². The number of fused-ring (bicyclic) bond motifs is 1. The summed E-state index contributed by atoms with van der Waals surface area (Å²) < 4.78 is 32.4. The van der Waals surface area contributed by atoms with Crippen molar-refractivity contribution in [2.45, 2.75) is 20.0 Å². The molecule has 144 valence electrons. The molecule has 0 aliphatic heterocycles. The van der Waals surface area contributed by atoms with Crippen LogP contribution in [0.3, 0.4) is 0 Å². The van der Waals surface area contributed by atoms with Crippen LogP contribution in [0.2, 0.25) is 5.02 Å². The van der Waals surface area contributed by atoms with Gasteiger partial charge in [-0.25, -0.2) is 13.6 Å². The van der Waals surface area contributed by atoms with Crippen LogP contribution in [0.5, 0.6) is 0 Å². The fourth-order valence-corrected chi connectivity index (χ4v) is 2.75. The fraction of sp³-hybridized carbons (Fsp3) is 0.150. The van der Waals surface area contributed by atoms with Gasteiger partial charge < -0.3 is 10.1 Å². The van der Waals surface area contributed by atoms with Gasteiger partial charge in [0.1, 0.15) is 17.3 Å². The summed E-state index contributed by atoms with van der Waals surface area (Å²) >= 11 is 5.96. The topological polar surface area (TPSA) is 68.3 Å². The number of amides is 1. The fourth-order valence-electron chi connectivity index (χ4n) is 2.57. The molecule has 0 bridgehead atoms. The second-order valence-electron chi connectivity index (χ2n) is 6.09. The van der Waals surface area contributed by atoms with Crippen LogP contribution in [-0.4, -0.2) is 23.0 Å². The number of anilines is 1. The number of carbonyl (C=O) groups excluding carboxylic acids is 2. The number of hydrogen-bond acceptors (Lipinski definition) is 4. The number of nitrogens with zero attached hydrogens (tertiary/aromatic N) is 1. The Balaban J connectivity index is 1.77. The van der Waals surface area contributed by atoms with Crippen molar-refractivity contribution in [3.05, 3.63) is 70.4 Å². The highest BCUT2D eigenvalue weighted by Crippen LogP contribution is 2.22. The average molecular weight is 405 g/mol. The third-order valence-corrected chi connectivity index (χ3v) is 4.29. The Morgan fingerprint density at radius 3 is 2.50 bits per heavy atom. The van der Waals surface area contributed by atoms with E-state index in [1.165, 1.54) is 13.0 Å². The molecule has 0 radical (unpaired) electrons. The first-order valence-corrected chi connectivity index (χ1v) is 8.67. The second-order valence-corrected chi connectivity index (χ2v) is 6.53. The van der Waals surface area contributed by atoms with Gasteiger partial charge in [0.15, 0.2) is 6.10 Å². The predicted octanol–water partition coefficient (Wildman–Crippen LogP) is 4.66. The number of para-hydroxylation sites is 1. The minimum absolute atomic E-state index is 0.159. The maximum absolute atomic E-state index is 13.7. The van der Waals surface area contributed by atoms with Crippen molar-refractivity contribution in [2.24, 2.45) is 0 Å². The zero-order valence-electron chi connectivity index (χ0n) is 14.9. The lowest BCUT2D eigenvalue weighted by molar-refractivity contribution is -0.123. The van der Waals surface area contributed by atoms with Crippen LogP contribution in [0.25, 0.3) is 10.9 Å². The SMILES string of the molecule is Cc1nc2ccc(Cl)cc2cc1C(=O)OC(C)C(=O)Nc1c(F)cccc1F. The van der Waals surface area contributed by atoms with Gasteiger partial charge in [-0.15, -0.1) is 0 Å². The second kappa shape index (κ2) is 7.90. The summed E-state index contributed by atoms with van der Waals surface area (Å²) in [6, 6.07) is 9.80. The molecule has 1 amide bonds. The van der Waals surface area contributed by atoms with Crippen LogP contribution < -0.4 is 5.32 Å². The van der Waals surface area contributed by atoms with Gasteiger partial charge in [-0.2, -0.15) is 0 Å². The summed E-state index contributed by atoms with van der Waals surface area (Å²) in [4.78, 5) is 29.0. The Hall–Kier alpha value is -3.06. The molecule has 28 heavy (non-hydrogen) atoms. The minimum atomic E-state index is -1.29. The van der Waals surface area contributed by atoms with Gasteiger partial charge in [-0.1, -0.05) is 17.7 Å². The molecule has 0 aliphatic carbocycles. The molecule has 2 aromatic carbocycles. The van der Waals surface area contributed by atoms with Crippen molar-refractivity contribution in [2.75, 3.05) is 5.32 Å². The number of rotatable bonds is 4. The molecule has 3 rings (SSSR count). The number of carbonyl (C=O) groups is 2. The monoisotopic (exact) mass is 404 g/mol. The highest BCUT2D eigenvalue weighted by atomic mass is 35.5. The first kappa shape index (κ1) is 19.7. The Labute approximate surface area is 164 Å². The van der Waals surface area contributed by atoms with E-state index in [-0.39, 0.29) is 5.56 Å². The molecule has 0 fully saturated rings. The largest absolute Gasteiger partial charge is 0.449 e. The van der Waals surface area contributed by atoms with Crippen LogP contribution >= 0.6 is 11.6 Å². The minimum Gasteiger partial charge on any atom is -0.449 e. The van der Waals surface area contributed by atoms with Crippen molar-refractivity contribution >= 4 is 40.1 Å². The van der Waals surface area contributed by atoms with Crippen LogP contribution in [0.1, 0.15) is 23.0 Å². The van der Waals surface area contributed by atoms with E-state index in [2.05, 4.69) is 10.3 Å². The number of nitrogens with one attached hydrogen (secondary N) is 1. The van der Waals surface area contributed by atoms with E-state index in [0.717, 1.165) is 12.1 Å². The van der Waals surface area contributed by atoms with E-state index < -0.39 is 35.3 Å². The van der Waals surface area contributed by atoms with Gasteiger partial charge in [-0.05, 0) is 50.2 Å². The molecule has 1 unspecified atom stereocenters. The number of halogens is 3. The number of aryl methyl sites for hydroxylation is 1. The van der Waals surface area contributed by atoms with Crippen molar-refractivity contribution in [1.82, 2.24) is 4.98 Å². The molecule has 3 aromatic rings. The van der Waals surface area contributed by atoms with E-state index in [1.54, 1.807) is 31.2 Å². The molecule has 1 heterocycles. The maximum Gasteiger partial charge on any atom is 0.340 e. The number of pyridine rings is 1. The summed E-state index contributed by atoms with van der Waals surface area (Å²) in [7, 11) is 0. The van der Waals surface area contributed by atoms with E-state index in [9.17, 15) is 18.4 Å². The first-order chi connectivity index (χ1) is 13.3. The molecule has 0 aliphatic rings. The normalized spacial score (nSPS) is 11.9. The number of benzene rings is 2. The summed E-state index contributed by atoms with van der Waals surface area (Å²) in [5, 5.41) is 3.21. The van der Waals surface area contributed by atoms with Gasteiger partial charge in [0, 0.05) is 10.4 Å². The zero-order valence-corrected chi connectivity index (χ0v) is 15.7. The molecule has 0 saturated carbocycles. The van der Waals surface area contributed by atoms with Gasteiger partial charge in [0.25, 0.3) is 5.91 Å². The highest BCUT2D eigenvalue weighted by molar-refractivity contribution is 6.31. The molecule has 8 heteroatoms. The lowest BCUT2D eigenvalue weighted by Gasteiger charge is -2.15. The van der Waals surface area contributed by atoms with Gasteiger partial charge >= 0.3 is 5.97 Å². The van der Waals surface area contributed by atoms with E-state index >= 15 is 0 Å². The van der Waals surface area contributed by atoms with Gasteiger partial charge in [0.05, 0.1) is 16.8 Å². The molecule has 1 atom stereocenters. The third-order valence-electron chi connectivity index (χ3n) is 4.05. The number of esters is 1. The quantitative estimate of drug-likeness (QED) is 0.642. The molecule has 0 saturated heterocycles. The number of aromatic nitrogens is 1. The van der Waals surface area contributed by atoms with Crippen molar-refractivity contribution in [1.29, 1.82) is 0 Å². The molecular formula is C20H15ClF2N2O3. The van der Waals surface area contributed by atoms with Crippen LogP contribution in [0.15, 0.2) is 42.5 Å². The Bertz CT molecular complexity index is 1070. The van der Waals surface area contributed by atoms with E-state index in [0.29, 0.717) is 21.6 Å². The van der Waals surface area contributed by atoms with Crippen molar-refractivity contribution in [3.63, 3.8) is 0 Å². The van der Waals surface area contributed by atoms with Crippen LogP contribution in [0, 0.1) is 18.6 Å². The maximum atomic E-state index is 13.7. The lowest BCUT2D eigenvalue weighted by Crippen LogP contribution is -2.31. The van der Waals surface area contributed by atoms with Crippen molar-refractivity contribution < 1.29 is 23.1 Å². The molecular weight excluding hydrogens is 390 g/mol.